The third-order valence-electron chi connectivity index (χ3n) is 7.56. The Morgan fingerprint density at radius 2 is 1.89 bits per heavy atom. The van der Waals surface area contributed by atoms with Crippen LogP contribution in [0.2, 0.25) is 0 Å². The predicted octanol–water partition coefficient (Wildman–Crippen LogP) is 3.81. The number of rotatable bonds is 9. The summed E-state index contributed by atoms with van der Waals surface area (Å²) in [5.74, 6) is -0.976. The van der Waals surface area contributed by atoms with E-state index in [-0.39, 0.29) is 40.3 Å². The van der Waals surface area contributed by atoms with Gasteiger partial charge in [0.2, 0.25) is 17.7 Å². The van der Waals surface area contributed by atoms with Crippen molar-refractivity contribution in [3.8, 4) is 5.75 Å². The number of benzene rings is 1. The first-order chi connectivity index (χ1) is 17.8. The zero-order valence-electron chi connectivity index (χ0n) is 23.0. The predicted molar refractivity (Wildman–Crippen MR) is 154 cm³/mol. The largest absolute Gasteiger partial charge is 0.494 e. The zero-order chi connectivity index (χ0) is 28.0. The Morgan fingerprint density at radius 1 is 1.24 bits per heavy atom. The first-order valence-electron chi connectivity index (χ1n) is 13.4. The van der Waals surface area contributed by atoms with Crippen LogP contribution in [0, 0.1) is 17.8 Å². The quantitative estimate of drug-likeness (QED) is 0.367. The summed E-state index contributed by atoms with van der Waals surface area (Å²) in [5, 5.41) is 16.3. The normalized spacial score (nSPS) is 30.9. The monoisotopic (exact) mass is 609 g/mol. The number of alkyl halides is 1. The maximum Gasteiger partial charge on any atom is 0.244 e. The molecule has 10 heteroatoms. The van der Waals surface area contributed by atoms with E-state index in [2.05, 4.69) is 26.6 Å². The minimum absolute atomic E-state index is 0.0183. The van der Waals surface area contributed by atoms with Gasteiger partial charge in [-0.25, -0.2) is 0 Å². The number of aliphatic hydroxyl groups excluding tert-OH is 1. The third kappa shape index (κ3) is 5.32. The van der Waals surface area contributed by atoms with Crippen LogP contribution in [0.1, 0.15) is 54.4 Å². The molecule has 0 aromatic heterocycles. The second-order valence-corrected chi connectivity index (χ2v) is 14.8. The molecule has 2 bridgehead atoms. The van der Waals surface area contributed by atoms with E-state index in [0.717, 1.165) is 5.75 Å². The molecule has 3 fully saturated rings. The number of nitrogens with one attached hydrogen (secondary N) is 2. The zero-order valence-corrected chi connectivity index (χ0v) is 25.4. The van der Waals surface area contributed by atoms with Gasteiger partial charge >= 0.3 is 0 Å². The minimum atomic E-state index is -0.770. The van der Waals surface area contributed by atoms with Gasteiger partial charge < -0.3 is 25.4 Å². The molecule has 8 nitrogen and oxygen atoms in total. The molecule has 3 amide bonds. The van der Waals surface area contributed by atoms with Crippen molar-refractivity contribution in [1.82, 2.24) is 10.2 Å². The number of anilines is 1. The summed E-state index contributed by atoms with van der Waals surface area (Å²) in [6.45, 7) is 12.0. The number of likely N-dealkylation sites (tertiary alicyclic amines) is 1. The average molecular weight is 611 g/mol. The summed E-state index contributed by atoms with van der Waals surface area (Å²) in [7, 11) is 0. The second kappa shape index (κ2) is 11.0. The van der Waals surface area contributed by atoms with E-state index in [1.807, 2.05) is 41.5 Å². The highest BCUT2D eigenvalue weighted by Crippen LogP contribution is 2.68. The van der Waals surface area contributed by atoms with Crippen LogP contribution in [0.15, 0.2) is 24.3 Å². The van der Waals surface area contributed by atoms with Crippen LogP contribution in [-0.4, -0.2) is 73.4 Å². The van der Waals surface area contributed by atoms with E-state index >= 15 is 0 Å². The molecule has 0 aliphatic carbocycles. The van der Waals surface area contributed by atoms with Crippen molar-refractivity contribution in [1.29, 1.82) is 0 Å². The number of fused-ring (bicyclic) bond motifs is 1. The molecule has 1 aromatic carbocycles. The Balaban J connectivity index is 1.70. The Kier molecular flexibility index (Phi) is 8.46. The fourth-order valence-corrected chi connectivity index (χ4v) is 9.94. The minimum Gasteiger partial charge on any atom is -0.494 e. The summed E-state index contributed by atoms with van der Waals surface area (Å²) >= 11 is 5.39. The smallest absolute Gasteiger partial charge is 0.244 e. The number of thioether (sulfide) groups is 1. The van der Waals surface area contributed by atoms with Gasteiger partial charge in [-0.3, -0.25) is 14.4 Å². The number of hydrogen-bond donors (Lipinski definition) is 3. The molecule has 3 heterocycles. The van der Waals surface area contributed by atoms with E-state index in [0.29, 0.717) is 25.1 Å². The fraction of sp³-hybridized carbons (Fsp3) is 0.679. The van der Waals surface area contributed by atoms with Crippen LogP contribution < -0.4 is 15.4 Å². The Morgan fingerprint density at radius 3 is 2.45 bits per heavy atom. The molecule has 3 N–H and O–H groups in total. The Hall–Kier alpha value is -1.78. The van der Waals surface area contributed by atoms with Gasteiger partial charge in [0.05, 0.1) is 35.8 Å². The molecular formula is C28H40BrN3O5S. The third-order valence-corrected chi connectivity index (χ3v) is 10.8. The Bertz CT molecular complexity index is 1060. The molecule has 3 saturated heterocycles. The molecular weight excluding hydrogens is 570 g/mol. The summed E-state index contributed by atoms with van der Waals surface area (Å²) in [6, 6.07) is 5.91. The van der Waals surface area contributed by atoms with Gasteiger partial charge in [0.25, 0.3) is 0 Å². The van der Waals surface area contributed by atoms with Crippen LogP contribution in [0.5, 0.6) is 5.75 Å². The van der Waals surface area contributed by atoms with Gasteiger partial charge in [0, 0.05) is 21.3 Å². The molecule has 1 aromatic rings. The van der Waals surface area contributed by atoms with E-state index in [4.69, 9.17) is 4.74 Å². The lowest BCUT2D eigenvalue weighted by Gasteiger charge is -2.39. The van der Waals surface area contributed by atoms with Crippen LogP contribution in [0.25, 0.3) is 0 Å². The summed E-state index contributed by atoms with van der Waals surface area (Å²) < 4.78 is 4.75. The summed E-state index contributed by atoms with van der Waals surface area (Å²) in [4.78, 5) is 43.5. The van der Waals surface area contributed by atoms with Crippen molar-refractivity contribution >= 4 is 51.1 Å². The number of aliphatic hydroxyl groups is 1. The number of halogens is 1. The van der Waals surface area contributed by atoms with Crippen molar-refractivity contribution in [2.45, 2.75) is 86.8 Å². The molecule has 0 saturated carbocycles. The van der Waals surface area contributed by atoms with Crippen molar-refractivity contribution < 1.29 is 24.2 Å². The fourth-order valence-electron chi connectivity index (χ4n) is 6.34. The van der Waals surface area contributed by atoms with Crippen LogP contribution in [-0.2, 0) is 14.4 Å². The Labute approximate surface area is 238 Å². The number of ether oxygens (including phenoxy) is 1. The van der Waals surface area contributed by atoms with Gasteiger partial charge in [0.1, 0.15) is 11.8 Å². The number of nitrogens with zero attached hydrogens (tertiary/aromatic N) is 1. The topological polar surface area (TPSA) is 108 Å². The van der Waals surface area contributed by atoms with Crippen molar-refractivity contribution in [2.75, 3.05) is 18.5 Å². The molecule has 3 unspecified atom stereocenters. The molecule has 1 spiro atoms. The number of carbonyl (C=O) groups excluding carboxylic acids is 3. The SMILES string of the molecule is CCOc1ccc(NC(=O)[C@H]2[C@@H]3SC4(CC3Br)C(C(=O)NC(C)(C)C)N([C@@H](CO)CC(C)C)C(=O)[C@H]24)cc1. The van der Waals surface area contributed by atoms with Crippen molar-refractivity contribution in [2.24, 2.45) is 17.8 Å². The van der Waals surface area contributed by atoms with Gasteiger partial charge in [-0.1, -0.05) is 29.8 Å². The molecule has 7 atom stereocenters. The highest BCUT2D eigenvalue weighted by molar-refractivity contribution is 9.09. The van der Waals surface area contributed by atoms with E-state index in [1.54, 1.807) is 40.9 Å². The van der Waals surface area contributed by atoms with Crippen molar-refractivity contribution in [3.05, 3.63) is 24.3 Å². The summed E-state index contributed by atoms with van der Waals surface area (Å²) in [6.07, 6.45) is 1.17. The number of hydrogen-bond acceptors (Lipinski definition) is 6. The first kappa shape index (κ1) is 29.2. The van der Waals surface area contributed by atoms with Gasteiger partial charge in [-0.15, -0.1) is 11.8 Å². The highest BCUT2D eigenvalue weighted by atomic mass is 79.9. The van der Waals surface area contributed by atoms with Gasteiger partial charge in [-0.05, 0) is 70.7 Å². The maximum atomic E-state index is 14.2. The molecule has 210 valence electrons. The molecule has 3 aliphatic heterocycles. The summed E-state index contributed by atoms with van der Waals surface area (Å²) in [5.41, 5.74) is 0.135. The number of amides is 3. The second-order valence-electron chi connectivity index (χ2n) is 12.1. The van der Waals surface area contributed by atoms with Gasteiger partial charge in [0.15, 0.2) is 0 Å². The molecule has 4 rings (SSSR count). The lowest BCUT2D eigenvalue weighted by Crippen LogP contribution is -2.59. The van der Waals surface area contributed by atoms with E-state index < -0.39 is 34.2 Å². The van der Waals surface area contributed by atoms with Crippen LogP contribution in [0.4, 0.5) is 5.69 Å². The lowest BCUT2D eigenvalue weighted by atomic mass is 9.70. The first-order valence-corrected chi connectivity index (χ1v) is 15.2. The maximum absolute atomic E-state index is 14.2. The number of carbonyl (C=O) groups is 3. The van der Waals surface area contributed by atoms with Gasteiger partial charge in [-0.2, -0.15) is 0 Å². The highest BCUT2D eigenvalue weighted by Gasteiger charge is 2.76. The lowest BCUT2D eigenvalue weighted by molar-refractivity contribution is -0.142. The van der Waals surface area contributed by atoms with E-state index in [1.165, 1.54) is 0 Å². The van der Waals surface area contributed by atoms with Crippen LogP contribution >= 0.6 is 27.7 Å². The standard InChI is InChI=1S/C28H40BrN3O5S/c1-7-37-18-10-8-16(9-11-18)30-24(34)20-21-26(36)32(17(14-33)12-15(2)3)23(25(35)31-27(4,5)6)28(21)13-19(29)22(20)38-28/h8-11,15,17,19-23,33H,7,12-14H2,1-6H3,(H,30,34)(H,31,35)/t17-,19?,20-,21+,22-,23?,28?/m1/s1. The van der Waals surface area contributed by atoms with Crippen LogP contribution in [0.3, 0.4) is 0 Å². The molecule has 38 heavy (non-hydrogen) atoms. The molecule has 3 aliphatic rings. The van der Waals surface area contributed by atoms with E-state index in [9.17, 15) is 19.5 Å². The van der Waals surface area contributed by atoms with Crippen molar-refractivity contribution in [3.63, 3.8) is 0 Å². The average Bonchev–Trinajstić information content (AvgIpc) is 3.41. The molecule has 0 radical (unpaired) electrons.